The van der Waals surface area contributed by atoms with Crippen LogP contribution in [0.15, 0.2) is 12.5 Å². The number of nitrogens with zero attached hydrogens (tertiary/aromatic N) is 9. The van der Waals surface area contributed by atoms with E-state index in [9.17, 15) is 28.5 Å². The number of aromatic nitrogens is 4. The number of nitriles is 2. The van der Waals surface area contributed by atoms with Gasteiger partial charge in [0.15, 0.2) is 17.1 Å². The minimum atomic E-state index is -2.34. The predicted octanol–water partition coefficient (Wildman–Crippen LogP) is 2.73. The van der Waals surface area contributed by atoms with Crippen molar-refractivity contribution in [3.05, 3.63) is 29.7 Å². The van der Waals surface area contributed by atoms with Crippen LogP contribution < -0.4 is 9.80 Å². The lowest BCUT2D eigenvalue weighted by Crippen LogP contribution is -2.62. The van der Waals surface area contributed by atoms with Crippen molar-refractivity contribution in [1.29, 1.82) is 10.5 Å². The van der Waals surface area contributed by atoms with Gasteiger partial charge in [0, 0.05) is 42.7 Å². The van der Waals surface area contributed by atoms with Gasteiger partial charge in [0.1, 0.15) is 37.4 Å². The lowest BCUT2D eigenvalue weighted by Gasteiger charge is -2.47. The number of halogens is 3. The first-order chi connectivity index (χ1) is 18.2. The van der Waals surface area contributed by atoms with E-state index in [1.54, 1.807) is 17.9 Å². The van der Waals surface area contributed by atoms with Crippen LogP contribution in [-0.2, 0) is 10.2 Å². The highest BCUT2D eigenvalue weighted by atomic mass is 19.1. The Balaban J connectivity index is 1.52. The zero-order valence-corrected chi connectivity index (χ0v) is 21.0. The number of rotatable bonds is 5. The molecule has 2 fully saturated rings. The Morgan fingerprint density at radius 3 is 2.42 bits per heavy atom. The van der Waals surface area contributed by atoms with Gasteiger partial charge in [0.05, 0.1) is 12.3 Å². The fraction of sp³-hybridized carbons (Fsp3) is 0.560. The number of hydrogen-bond acceptors (Lipinski definition) is 9. The van der Waals surface area contributed by atoms with Gasteiger partial charge in [-0.1, -0.05) is 6.42 Å². The maximum absolute atomic E-state index is 14.9. The molecule has 13 heteroatoms. The van der Waals surface area contributed by atoms with Crippen LogP contribution in [0.3, 0.4) is 0 Å². The Hall–Kier alpha value is -4.00. The summed E-state index contributed by atoms with van der Waals surface area (Å²) in [5, 5.41) is 18.6. The van der Waals surface area contributed by atoms with E-state index in [4.69, 9.17) is 0 Å². The fourth-order valence-corrected chi connectivity index (χ4v) is 5.75. The molecule has 198 valence electrons. The maximum atomic E-state index is 14.9. The molecule has 1 saturated heterocycles. The van der Waals surface area contributed by atoms with Crippen molar-refractivity contribution in [2.24, 2.45) is 5.41 Å². The smallest absolute Gasteiger partial charge is 0.248 e. The highest BCUT2D eigenvalue weighted by molar-refractivity contribution is 5.86. The molecular weight excluding hydrogens is 499 g/mol. The standard InChI is InChI=1S/C25H26F3N9O/c1-15-9-36(23(38)25(10-26,11-27)12-30)16(2)8-35(15)21-19-22(33-14-32-21)37(13-24(19)4-3-5-24)20-17(28)7-31-18(6-29)34-20/h7,14-16H,3-5,8-11,13H2,1-2H3/t15-,16+/m0/s1. The SMILES string of the molecule is C[C@@H]1CN(c2ncnc3c2C2(CCC2)CN3c2nc(C#N)ncc2F)[C@@H](C)CN1C(=O)C(C#N)(CF)CF. The molecular formula is C25H26F3N9O. The third-order valence-corrected chi connectivity index (χ3v) is 8.04. The van der Waals surface area contributed by atoms with Gasteiger partial charge < -0.3 is 14.7 Å². The van der Waals surface area contributed by atoms with Crippen LogP contribution in [0.25, 0.3) is 0 Å². The van der Waals surface area contributed by atoms with E-state index in [0.29, 0.717) is 24.7 Å². The van der Waals surface area contributed by atoms with Gasteiger partial charge in [-0.3, -0.25) is 4.79 Å². The summed E-state index contributed by atoms with van der Waals surface area (Å²) in [5.74, 6) is -0.527. The third kappa shape index (κ3) is 3.71. The van der Waals surface area contributed by atoms with E-state index in [2.05, 4.69) is 19.9 Å². The summed E-state index contributed by atoms with van der Waals surface area (Å²) in [6.45, 7) is 1.73. The van der Waals surface area contributed by atoms with Gasteiger partial charge in [0.25, 0.3) is 0 Å². The van der Waals surface area contributed by atoms with E-state index in [0.717, 1.165) is 31.0 Å². The molecule has 2 aromatic heterocycles. The first-order valence-electron chi connectivity index (χ1n) is 12.4. The summed E-state index contributed by atoms with van der Waals surface area (Å²) >= 11 is 0. The fourth-order valence-electron chi connectivity index (χ4n) is 5.75. The Morgan fingerprint density at radius 2 is 1.82 bits per heavy atom. The normalized spacial score (nSPS) is 22.0. The van der Waals surface area contributed by atoms with Crippen LogP contribution >= 0.6 is 0 Å². The molecule has 1 amide bonds. The number of carbonyl (C=O) groups excluding carboxylic acids is 1. The number of anilines is 3. The van der Waals surface area contributed by atoms with E-state index < -0.39 is 36.5 Å². The second-order valence-corrected chi connectivity index (χ2v) is 10.4. The van der Waals surface area contributed by atoms with E-state index in [-0.39, 0.29) is 29.6 Å². The van der Waals surface area contributed by atoms with Crippen molar-refractivity contribution in [2.75, 3.05) is 42.8 Å². The van der Waals surface area contributed by atoms with E-state index in [1.807, 2.05) is 17.9 Å². The molecule has 4 heterocycles. The van der Waals surface area contributed by atoms with Crippen molar-refractivity contribution >= 4 is 23.4 Å². The summed E-state index contributed by atoms with van der Waals surface area (Å²) in [7, 11) is 0. The predicted molar refractivity (Wildman–Crippen MR) is 129 cm³/mol. The molecule has 0 unspecified atom stereocenters. The van der Waals surface area contributed by atoms with Gasteiger partial charge in [-0.05, 0) is 26.7 Å². The van der Waals surface area contributed by atoms with Crippen LogP contribution in [0.5, 0.6) is 0 Å². The zero-order valence-electron chi connectivity index (χ0n) is 21.0. The Bertz CT molecular complexity index is 1350. The topological polar surface area (TPSA) is 126 Å². The molecule has 2 aliphatic heterocycles. The van der Waals surface area contributed by atoms with Crippen molar-refractivity contribution < 1.29 is 18.0 Å². The summed E-state index contributed by atoms with van der Waals surface area (Å²) in [4.78, 5) is 35.1. The van der Waals surface area contributed by atoms with Crippen LogP contribution in [0, 0.1) is 33.9 Å². The van der Waals surface area contributed by atoms with Crippen LogP contribution in [0.4, 0.5) is 30.6 Å². The Labute approximate surface area is 217 Å². The second kappa shape index (κ2) is 9.39. The van der Waals surface area contributed by atoms with Gasteiger partial charge in [0.2, 0.25) is 11.7 Å². The minimum Gasteiger partial charge on any atom is -0.350 e. The molecule has 1 aliphatic carbocycles. The number of alkyl halides is 2. The molecule has 5 rings (SSSR count). The largest absolute Gasteiger partial charge is 0.350 e. The van der Waals surface area contributed by atoms with Crippen molar-refractivity contribution in [1.82, 2.24) is 24.8 Å². The van der Waals surface area contributed by atoms with Crippen molar-refractivity contribution in [2.45, 2.75) is 50.6 Å². The van der Waals surface area contributed by atoms with Gasteiger partial charge >= 0.3 is 0 Å². The molecule has 2 atom stereocenters. The first-order valence-corrected chi connectivity index (χ1v) is 12.4. The highest BCUT2D eigenvalue weighted by Crippen LogP contribution is 2.56. The van der Waals surface area contributed by atoms with Gasteiger partial charge in [-0.2, -0.15) is 15.5 Å². The van der Waals surface area contributed by atoms with Crippen LogP contribution in [-0.4, -0.2) is 75.8 Å². The van der Waals surface area contributed by atoms with Gasteiger partial charge in [-0.25, -0.2) is 28.1 Å². The molecule has 1 saturated carbocycles. The number of hydrogen-bond donors (Lipinski definition) is 0. The third-order valence-electron chi connectivity index (χ3n) is 8.04. The van der Waals surface area contributed by atoms with Crippen molar-refractivity contribution in [3.63, 3.8) is 0 Å². The highest BCUT2D eigenvalue weighted by Gasteiger charge is 2.53. The minimum absolute atomic E-state index is 0.0201. The molecule has 1 spiro atoms. The average molecular weight is 526 g/mol. The van der Waals surface area contributed by atoms with Crippen LogP contribution in [0.2, 0.25) is 0 Å². The molecule has 0 bridgehead atoms. The number of fused-ring (bicyclic) bond motifs is 2. The summed E-state index contributed by atoms with van der Waals surface area (Å²) in [5.41, 5.74) is -1.81. The summed E-state index contributed by atoms with van der Waals surface area (Å²) < 4.78 is 42.1. The second-order valence-electron chi connectivity index (χ2n) is 10.4. The number of amides is 1. The van der Waals surface area contributed by atoms with E-state index in [1.165, 1.54) is 11.2 Å². The lowest BCUT2D eigenvalue weighted by molar-refractivity contribution is -0.143. The van der Waals surface area contributed by atoms with Crippen LogP contribution in [0.1, 0.15) is 44.5 Å². The monoisotopic (exact) mass is 525 g/mol. The average Bonchev–Trinajstić information content (AvgIpc) is 3.28. The maximum Gasteiger partial charge on any atom is 0.248 e. The molecule has 10 nitrogen and oxygen atoms in total. The summed E-state index contributed by atoms with van der Waals surface area (Å²) in [6, 6.07) is 2.64. The molecule has 3 aliphatic rings. The Kier molecular flexibility index (Phi) is 6.33. The van der Waals surface area contributed by atoms with Crippen molar-refractivity contribution in [3.8, 4) is 12.1 Å². The molecule has 2 aromatic rings. The molecule has 0 aromatic carbocycles. The zero-order chi connectivity index (χ0) is 27.2. The van der Waals surface area contributed by atoms with E-state index >= 15 is 0 Å². The molecule has 0 N–H and O–H groups in total. The molecule has 38 heavy (non-hydrogen) atoms. The summed E-state index contributed by atoms with van der Waals surface area (Å²) in [6.07, 6.45) is 5.03. The quantitative estimate of drug-likeness (QED) is 0.579. The van der Waals surface area contributed by atoms with Gasteiger partial charge in [-0.15, -0.1) is 0 Å². The number of carbonyl (C=O) groups is 1. The first kappa shape index (κ1) is 25.6. The Morgan fingerprint density at radius 1 is 1.11 bits per heavy atom. The number of piperazine rings is 1. The molecule has 0 radical (unpaired) electrons. The lowest BCUT2D eigenvalue weighted by atomic mass is 9.66.